The SMILES string of the molecule is CN(C)CCCNc1cc(C(=O)NC2CCCCCC2)ccn1. The first-order chi connectivity index (χ1) is 11.1. The van der Waals surface area contributed by atoms with Crippen LogP contribution in [-0.4, -0.2) is 49.0 Å². The summed E-state index contributed by atoms with van der Waals surface area (Å²) < 4.78 is 0. The standard InChI is InChI=1S/C18H30N4O/c1-22(2)13-7-11-19-17-14-15(10-12-20-17)18(23)21-16-8-5-3-4-6-9-16/h10,12,14,16H,3-9,11,13H2,1-2H3,(H,19,20)(H,21,23). The molecular weight excluding hydrogens is 288 g/mol. The van der Waals surface area contributed by atoms with Crippen molar-refractivity contribution in [2.24, 2.45) is 0 Å². The van der Waals surface area contributed by atoms with E-state index in [4.69, 9.17) is 0 Å². The minimum Gasteiger partial charge on any atom is -0.370 e. The number of pyridine rings is 1. The summed E-state index contributed by atoms with van der Waals surface area (Å²) in [7, 11) is 4.13. The molecule has 1 fully saturated rings. The Morgan fingerprint density at radius 3 is 2.70 bits per heavy atom. The van der Waals surface area contributed by atoms with Crippen molar-refractivity contribution in [3.05, 3.63) is 23.9 Å². The van der Waals surface area contributed by atoms with Crippen LogP contribution in [0.3, 0.4) is 0 Å². The van der Waals surface area contributed by atoms with Crippen molar-refractivity contribution >= 4 is 11.7 Å². The predicted molar refractivity (Wildman–Crippen MR) is 94.9 cm³/mol. The molecular formula is C18H30N4O. The molecule has 0 aromatic carbocycles. The molecule has 1 heterocycles. The second-order valence-electron chi connectivity index (χ2n) is 6.68. The van der Waals surface area contributed by atoms with Gasteiger partial charge in [-0.15, -0.1) is 0 Å². The molecule has 1 amide bonds. The number of anilines is 1. The van der Waals surface area contributed by atoms with Crippen LogP contribution in [0.5, 0.6) is 0 Å². The van der Waals surface area contributed by atoms with Crippen LogP contribution in [0, 0.1) is 0 Å². The van der Waals surface area contributed by atoms with Crippen LogP contribution in [0.25, 0.3) is 0 Å². The average molecular weight is 318 g/mol. The van der Waals surface area contributed by atoms with Crippen molar-refractivity contribution in [2.75, 3.05) is 32.5 Å². The van der Waals surface area contributed by atoms with Gasteiger partial charge < -0.3 is 15.5 Å². The monoisotopic (exact) mass is 318 g/mol. The van der Waals surface area contributed by atoms with E-state index in [1.165, 1.54) is 25.7 Å². The highest BCUT2D eigenvalue weighted by molar-refractivity contribution is 5.94. The van der Waals surface area contributed by atoms with Gasteiger partial charge in [-0.25, -0.2) is 4.98 Å². The van der Waals surface area contributed by atoms with Crippen molar-refractivity contribution < 1.29 is 4.79 Å². The summed E-state index contributed by atoms with van der Waals surface area (Å²) in [5.74, 6) is 0.799. The Hall–Kier alpha value is -1.62. The van der Waals surface area contributed by atoms with Crippen molar-refractivity contribution in [3.8, 4) is 0 Å². The summed E-state index contributed by atoms with van der Waals surface area (Å²) in [5, 5.41) is 6.47. The first-order valence-electron chi connectivity index (χ1n) is 8.80. The first kappa shape index (κ1) is 17.7. The van der Waals surface area contributed by atoms with E-state index in [0.29, 0.717) is 11.6 Å². The molecule has 0 spiro atoms. The average Bonchev–Trinajstić information content (AvgIpc) is 2.80. The van der Waals surface area contributed by atoms with E-state index < -0.39 is 0 Å². The van der Waals surface area contributed by atoms with Gasteiger partial charge in [-0.05, 0) is 52.0 Å². The highest BCUT2D eigenvalue weighted by atomic mass is 16.1. The Morgan fingerprint density at radius 1 is 1.26 bits per heavy atom. The Morgan fingerprint density at radius 2 is 2.00 bits per heavy atom. The second kappa shape index (κ2) is 9.50. The molecule has 1 aromatic heterocycles. The summed E-state index contributed by atoms with van der Waals surface area (Å²) in [6.07, 6.45) is 9.99. The van der Waals surface area contributed by atoms with Crippen LogP contribution in [0.4, 0.5) is 5.82 Å². The third-order valence-corrected chi connectivity index (χ3v) is 4.30. The molecule has 1 aromatic rings. The van der Waals surface area contributed by atoms with E-state index in [9.17, 15) is 4.79 Å². The van der Waals surface area contributed by atoms with E-state index >= 15 is 0 Å². The molecule has 0 saturated heterocycles. The molecule has 0 radical (unpaired) electrons. The van der Waals surface area contributed by atoms with Crippen LogP contribution >= 0.6 is 0 Å². The smallest absolute Gasteiger partial charge is 0.251 e. The maximum atomic E-state index is 12.4. The summed E-state index contributed by atoms with van der Waals surface area (Å²) in [6, 6.07) is 3.97. The molecule has 23 heavy (non-hydrogen) atoms. The van der Waals surface area contributed by atoms with Gasteiger partial charge in [0.15, 0.2) is 0 Å². The number of hydrogen-bond acceptors (Lipinski definition) is 4. The van der Waals surface area contributed by atoms with Crippen LogP contribution in [0.2, 0.25) is 0 Å². The minimum atomic E-state index is 0.0237. The van der Waals surface area contributed by atoms with Crippen LogP contribution in [0.15, 0.2) is 18.3 Å². The quantitative estimate of drug-likeness (QED) is 0.599. The van der Waals surface area contributed by atoms with Gasteiger partial charge in [-0.3, -0.25) is 4.79 Å². The number of rotatable bonds is 7. The van der Waals surface area contributed by atoms with Crippen LogP contribution < -0.4 is 10.6 Å². The molecule has 2 rings (SSSR count). The Labute approximate surface area is 139 Å². The number of nitrogens with zero attached hydrogens (tertiary/aromatic N) is 2. The fraction of sp³-hybridized carbons (Fsp3) is 0.667. The number of nitrogens with one attached hydrogen (secondary N) is 2. The zero-order valence-electron chi connectivity index (χ0n) is 14.5. The lowest BCUT2D eigenvalue weighted by molar-refractivity contribution is 0.0933. The van der Waals surface area contributed by atoms with Gasteiger partial charge >= 0.3 is 0 Å². The zero-order chi connectivity index (χ0) is 16.5. The molecule has 1 aliphatic carbocycles. The Balaban J connectivity index is 1.84. The van der Waals surface area contributed by atoms with Crippen LogP contribution in [-0.2, 0) is 0 Å². The van der Waals surface area contributed by atoms with E-state index in [0.717, 1.165) is 38.2 Å². The fourth-order valence-corrected chi connectivity index (χ4v) is 2.97. The van der Waals surface area contributed by atoms with Gasteiger partial charge in [0.25, 0.3) is 5.91 Å². The summed E-state index contributed by atoms with van der Waals surface area (Å²) in [4.78, 5) is 18.9. The molecule has 128 valence electrons. The molecule has 0 aliphatic heterocycles. The molecule has 0 unspecified atom stereocenters. The van der Waals surface area contributed by atoms with Crippen LogP contribution in [0.1, 0.15) is 55.3 Å². The normalized spacial score (nSPS) is 16.1. The van der Waals surface area contributed by atoms with Gasteiger partial charge in [0.1, 0.15) is 5.82 Å². The first-order valence-corrected chi connectivity index (χ1v) is 8.80. The van der Waals surface area contributed by atoms with Crippen molar-refractivity contribution in [2.45, 2.75) is 51.0 Å². The highest BCUT2D eigenvalue weighted by Crippen LogP contribution is 2.18. The molecule has 0 atom stereocenters. The molecule has 5 nitrogen and oxygen atoms in total. The van der Waals surface area contributed by atoms with E-state index in [1.807, 2.05) is 6.07 Å². The summed E-state index contributed by atoms with van der Waals surface area (Å²) >= 11 is 0. The van der Waals surface area contributed by atoms with Crippen molar-refractivity contribution in [3.63, 3.8) is 0 Å². The van der Waals surface area contributed by atoms with Gasteiger partial charge in [0.2, 0.25) is 0 Å². The lowest BCUT2D eigenvalue weighted by Crippen LogP contribution is -2.34. The summed E-state index contributed by atoms with van der Waals surface area (Å²) in [5.41, 5.74) is 0.694. The minimum absolute atomic E-state index is 0.0237. The zero-order valence-corrected chi connectivity index (χ0v) is 14.5. The van der Waals surface area contributed by atoms with E-state index in [-0.39, 0.29) is 5.91 Å². The largest absolute Gasteiger partial charge is 0.370 e. The topological polar surface area (TPSA) is 57.3 Å². The van der Waals surface area contributed by atoms with Gasteiger partial charge in [0, 0.05) is 24.3 Å². The van der Waals surface area contributed by atoms with Crippen molar-refractivity contribution in [1.29, 1.82) is 0 Å². The van der Waals surface area contributed by atoms with E-state index in [1.54, 1.807) is 12.3 Å². The van der Waals surface area contributed by atoms with Gasteiger partial charge in [0.05, 0.1) is 0 Å². The lowest BCUT2D eigenvalue weighted by Gasteiger charge is -2.16. The van der Waals surface area contributed by atoms with Gasteiger partial charge in [-0.1, -0.05) is 25.7 Å². The highest BCUT2D eigenvalue weighted by Gasteiger charge is 2.16. The molecule has 1 aliphatic rings. The molecule has 0 bridgehead atoms. The number of carbonyl (C=O) groups is 1. The number of carbonyl (C=O) groups excluding carboxylic acids is 1. The Bertz CT molecular complexity index is 482. The molecule has 1 saturated carbocycles. The number of hydrogen-bond donors (Lipinski definition) is 2. The number of aromatic nitrogens is 1. The maximum Gasteiger partial charge on any atom is 0.251 e. The second-order valence-corrected chi connectivity index (χ2v) is 6.68. The maximum absolute atomic E-state index is 12.4. The lowest BCUT2D eigenvalue weighted by atomic mass is 10.1. The Kier molecular flexibility index (Phi) is 7.33. The van der Waals surface area contributed by atoms with Gasteiger partial charge in [-0.2, -0.15) is 0 Å². The fourth-order valence-electron chi connectivity index (χ4n) is 2.97. The van der Waals surface area contributed by atoms with Crippen molar-refractivity contribution in [1.82, 2.24) is 15.2 Å². The predicted octanol–water partition coefficient (Wildman–Crippen LogP) is 2.90. The number of amides is 1. The third kappa shape index (κ3) is 6.57. The van der Waals surface area contributed by atoms with E-state index in [2.05, 4.69) is 34.6 Å². The molecule has 5 heteroatoms. The molecule has 2 N–H and O–H groups in total. The third-order valence-electron chi connectivity index (χ3n) is 4.30. The summed E-state index contributed by atoms with van der Waals surface area (Å²) in [6.45, 7) is 1.90.